The monoisotopic (exact) mass is 288 g/mol. The van der Waals surface area contributed by atoms with Gasteiger partial charge in [0, 0.05) is 18.5 Å². The molecule has 0 aromatic heterocycles. The van der Waals surface area contributed by atoms with Gasteiger partial charge in [0.1, 0.15) is 6.73 Å². The number of aliphatic hydroxyl groups is 1. The van der Waals surface area contributed by atoms with Crippen LogP contribution in [0.3, 0.4) is 0 Å². The van der Waals surface area contributed by atoms with E-state index in [0.717, 1.165) is 32.2 Å². The molecule has 0 radical (unpaired) electrons. The molecule has 1 aromatic rings. The van der Waals surface area contributed by atoms with Crippen molar-refractivity contribution in [2.75, 3.05) is 13.3 Å². The smallest absolute Gasteiger partial charge is 0.253 e. The topological polar surface area (TPSA) is 78.4 Å². The van der Waals surface area contributed by atoms with Gasteiger partial charge in [0.15, 0.2) is 0 Å². The van der Waals surface area contributed by atoms with E-state index in [-0.39, 0.29) is 24.0 Å². The third kappa shape index (κ3) is 2.78. The van der Waals surface area contributed by atoms with Crippen molar-refractivity contribution in [2.24, 2.45) is 5.41 Å². The minimum absolute atomic E-state index is 0.141. The second kappa shape index (κ2) is 5.48. The highest BCUT2D eigenvalue weighted by Crippen LogP contribution is 2.40. The van der Waals surface area contributed by atoms with Gasteiger partial charge in [0.2, 0.25) is 5.91 Å². The highest BCUT2D eigenvalue weighted by Gasteiger charge is 2.37. The number of amides is 2. The second-order valence-electron chi connectivity index (χ2n) is 6.10. The molecule has 21 heavy (non-hydrogen) atoms. The number of fused-ring (bicyclic) bond motifs is 1. The van der Waals surface area contributed by atoms with Gasteiger partial charge in [-0.15, -0.1) is 0 Å². The molecule has 112 valence electrons. The van der Waals surface area contributed by atoms with Crippen molar-refractivity contribution in [2.45, 2.75) is 32.1 Å². The number of nitrogens with one attached hydrogen (secondary N) is 2. The Hall–Kier alpha value is -1.88. The molecule has 3 N–H and O–H groups in total. The number of carbonyl (C=O) groups is 2. The van der Waals surface area contributed by atoms with E-state index < -0.39 is 0 Å². The van der Waals surface area contributed by atoms with E-state index >= 15 is 0 Å². The third-order valence-electron chi connectivity index (χ3n) is 4.74. The first-order valence-corrected chi connectivity index (χ1v) is 7.39. The number of carbonyl (C=O) groups excluding carboxylic acids is 2. The summed E-state index contributed by atoms with van der Waals surface area (Å²) in [5.41, 5.74) is 3.22. The van der Waals surface area contributed by atoms with Crippen LogP contribution in [0, 0.1) is 5.41 Å². The number of rotatable bonds is 2. The van der Waals surface area contributed by atoms with Crippen molar-refractivity contribution in [3.63, 3.8) is 0 Å². The van der Waals surface area contributed by atoms with E-state index in [2.05, 4.69) is 10.6 Å². The minimum atomic E-state index is -0.355. The Morgan fingerprint density at radius 3 is 2.81 bits per heavy atom. The molecule has 5 nitrogen and oxygen atoms in total. The van der Waals surface area contributed by atoms with Gasteiger partial charge in [-0.3, -0.25) is 9.59 Å². The lowest BCUT2D eigenvalue weighted by Gasteiger charge is -2.41. The van der Waals surface area contributed by atoms with Gasteiger partial charge in [-0.2, -0.15) is 0 Å². The van der Waals surface area contributed by atoms with Crippen LogP contribution in [0.15, 0.2) is 18.2 Å². The Kier molecular flexibility index (Phi) is 3.68. The molecule has 2 aliphatic rings. The van der Waals surface area contributed by atoms with Gasteiger partial charge in [-0.05, 0) is 54.4 Å². The molecule has 5 heteroatoms. The van der Waals surface area contributed by atoms with Crippen LogP contribution in [0.2, 0.25) is 0 Å². The number of aryl methyl sites for hydroxylation is 1. The average molecular weight is 288 g/mol. The fraction of sp³-hybridized carbons (Fsp3) is 0.500. The molecule has 0 saturated carbocycles. The maximum Gasteiger partial charge on any atom is 0.253 e. The number of benzene rings is 1. The molecule has 1 saturated heterocycles. The molecule has 1 atom stereocenters. The molecule has 3 rings (SSSR count). The fourth-order valence-electron chi connectivity index (χ4n) is 3.45. The highest BCUT2D eigenvalue weighted by atomic mass is 16.3. The zero-order valence-corrected chi connectivity index (χ0v) is 11.9. The maximum absolute atomic E-state index is 11.8. The molecule has 0 bridgehead atoms. The van der Waals surface area contributed by atoms with Crippen LogP contribution < -0.4 is 10.6 Å². The molecule has 1 unspecified atom stereocenters. The summed E-state index contributed by atoms with van der Waals surface area (Å²) in [5.74, 6) is -0.112. The molecular formula is C16H20N2O3. The van der Waals surface area contributed by atoms with E-state index in [1.165, 1.54) is 11.1 Å². The lowest BCUT2D eigenvalue weighted by molar-refractivity contribution is -0.124. The van der Waals surface area contributed by atoms with Crippen molar-refractivity contribution >= 4 is 11.8 Å². The van der Waals surface area contributed by atoms with Crippen LogP contribution in [0.25, 0.3) is 0 Å². The molecule has 1 aliphatic heterocycles. The lowest BCUT2D eigenvalue weighted by atomic mass is 9.67. The minimum Gasteiger partial charge on any atom is -0.376 e. The van der Waals surface area contributed by atoms with E-state index in [0.29, 0.717) is 12.0 Å². The number of piperidine rings is 1. The van der Waals surface area contributed by atoms with E-state index in [1.54, 1.807) is 0 Å². The molecule has 1 fully saturated rings. The predicted octanol–water partition coefficient (Wildman–Crippen LogP) is 0.751. The van der Waals surface area contributed by atoms with Crippen molar-refractivity contribution in [3.8, 4) is 0 Å². The molecule has 1 aromatic carbocycles. The predicted molar refractivity (Wildman–Crippen MR) is 77.7 cm³/mol. The summed E-state index contributed by atoms with van der Waals surface area (Å²) in [7, 11) is 0. The maximum atomic E-state index is 11.8. The van der Waals surface area contributed by atoms with Gasteiger partial charge in [0.05, 0.1) is 0 Å². The Balaban J connectivity index is 1.82. The Morgan fingerprint density at radius 1 is 1.29 bits per heavy atom. The standard InChI is InChI=1S/C16H20N2O3/c19-10-18-15(21)12-2-1-11-3-5-16(8-13(11)7-12)6-4-14(20)17-9-16/h1-2,7,19H,3-6,8-10H2,(H,17,20)(H,18,21). The third-order valence-corrected chi connectivity index (χ3v) is 4.74. The van der Waals surface area contributed by atoms with Crippen LogP contribution in [0.1, 0.15) is 40.7 Å². The van der Waals surface area contributed by atoms with E-state index in [4.69, 9.17) is 5.11 Å². The van der Waals surface area contributed by atoms with Crippen molar-refractivity contribution in [1.29, 1.82) is 0 Å². The molecule has 1 heterocycles. The quantitative estimate of drug-likeness (QED) is 0.703. The van der Waals surface area contributed by atoms with Gasteiger partial charge in [-0.1, -0.05) is 6.07 Å². The van der Waals surface area contributed by atoms with E-state index in [1.807, 2.05) is 18.2 Å². The summed E-state index contributed by atoms with van der Waals surface area (Å²) < 4.78 is 0. The SMILES string of the molecule is O=C1CCC2(CCc3ccc(C(=O)NCO)cc3C2)CN1. The molecule has 1 aliphatic carbocycles. The summed E-state index contributed by atoms with van der Waals surface area (Å²) in [6.45, 7) is 0.379. The second-order valence-corrected chi connectivity index (χ2v) is 6.10. The van der Waals surface area contributed by atoms with Crippen molar-refractivity contribution in [3.05, 3.63) is 34.9 Å². The van der Waals surface area contributed by atoms with Gasteiger partial charge in [0.25, 0.3) is 5.91 Å². The Labute approximate surface area is 123 Å². The number of hydrogen-bond acceptors (Lipinski definition) is 3. The largest absolute Gasteiger partial charge is 0.376 e. The van der Waals surface area contributed by atoms with Crippen LogP contribution in [0.5, 0.6) is 0 Å². The average Bonchev–Trinajstić information content (AvgIpc) is 2.50. The zero-order valence-electron chi connectivity index (χ0n) is 11.9. The Bertz CT molecular complexity index is 573. The van der Waals surface area contributed by atoms with Gasteiger partial charge >= 0.3 is 0 Å². The molecular weight excluding hydrogens is 268 g/mol. The first kappa shape index (κ1) is 14.1. The van der Waals surface area contributed by atoms with Crippen molar-refractivity contribution < 1.29 is 14.7 Å². The Morgan fingerprint density at radius 2 is 2.10 bits per heavy atom. The van der Waals surface area contributed by atoms with Crippen molar-refractivity contribution in [1.82, 2.24) is 10.6 Å². The summed E-state index contributed by atoms with van der Waals surface area (Å²) >= 11 is 0. The van der Waals surface area contributed by atoms with Crippen LogP contribution in [-0.2, 0) is 17.6 Å². The normalized spacial score (nSPS) is 24.3. The van der Waals surface area contributed by atoms with Gasteiger partial charge < -0.3 is 15.7 Å². The van der Waals surface area contributed by atoms with E-state index in [9.17, 15) is 9.59 Å². The van der Waals surface area contributed by atoms with Crippen LogP contribution in [-0.4, -0.2) is 30.2 Å². The first-order chi connectivity index (χ1) is 10.1. The summed E-state index contributed by atoms with van der Waals surface area (Å²) in [5, 5.41) is 14.2. The first-order valence-electron chi connectivity index (χ1n) is 7.39. The molecule has 1 spiro atoms. The lowest BCUT2D eigenvalue weighted by Crippen LogP contribution is -2.46. The summed E-state index contributed by atoms with van der Waals surface area (Å²) in [6.07, 6.45) is 4.50. The summed E-state index contributed by atoms with van der Waals surface area (Å²) in [4.78, 5) is 23.2. The fourth-order valence-corrected chi connectivity index (χ4v) is 3.45. The van der Waals surface area contributed by atoms with Crippen LogP contribution >= 0.6 is 0 Å². The highest BCUT2D eigenvalue weighted by molar-refractivity contribution is 5.94. The van der Waals surface area contributed by atoms with Gasteiger partial charge in [-0.25, -0.2) is 0 Å². The summed E-state index contributed by atoms with van der Waals surface area (Å²) in [6, 6.07) is 5.75. The van der Waals surface area contributed by atoms with Crippen LogP contribution in [0.4, 0.5) is 0 Å². The molecule has 2 amide bonds. The number of hydrogen-bond donors (Lipinski definition) is 3. The number of aliphatic hydroxyl groups excluding tert-OH is 1. The zero-order chi connectivity index (χ0) is 14.9.